The van der Waals surface area contributed by atoms with Crippen LogP contribution in [0.3, 0.4) is 0 Å². The molecular formula is C16H16BrF2NO. The van der Waals surface area contributed by atoms with Crippen LogP contribution in [-0.4, -0.2) is 18.3 Å². The predicted octanol–water partition coefficient (Wildman–Crippen LogP) is 3.16. The van der Waals surface area contributed by atoms with Gasteiger partial charge >= 0.3 is 0 Å². The zero-order chi connectivity index (χ0) is 15.5. The molecule has 2 rings (SSSR count). The van der Waals surface area contributed by atoms with Gasteiger partial charge in [0.15, 0.2) is 0 Å². The first-order valence-corrected chi connectivity index (χ1v) is 7.31. The second-order valence-corrected chi connectivity index (χ2v) is 5.89. The molecule has 0 saturated carbocycles. The molecule has 3 N–H and O–H groups in total. The minimum absolute atomic E-state index is 0.0490. The van der Waals surface area contributed by atoms with Gasteiger partial charge in [0.1, 0.15) is 11.6 Å². The van der Waals surface area contributed by atoms with Crippen LogP contribution in [0.2, 0.25) is 0 Å². The van der Waals surface area contributed by atoms with Crippen molar-refractivity contribution in [1.82, 2.24) is 0 Å². The molecule has 0 aliphatic heterocycles. The lowest BCUT2D eigenvalue weighted by Crippen LogP contribution is -2.41. The molecule has 2 aromatic carbocycles. The van der Waals surface area contributed by atoms with Gasteiger partial charge in [-0.05, 0) is 41.8 Å². The van der Waals surface area contributed by atoms with E-state index in [1.165, 1.54) is 18.2 Å². The van der Waals surface area contributed by atoms with Gasteiger partial charge in [0, 0.05) is 16.4 Å². The van der Waals surface area contributed by atoms with Crippen molar-refractivity contribution in [1.29, 1.82) is 0 Å². The minimum Gasteiger partial charge on any atom is -0.395 e. The van der Waals surface area contributed by atoms with E-state index in [-0.39, 0.29) is 25.4 Å². The van der Waals surface area contributed by atoms with E-state index in [0.717, 1.165) is 0 Å². The Morgan fingerprint density at radius 3 is 2.48 bits per heavy atom. The summed E-state index contributed by atoms with van der Waals surface area (Å²) in [6, 6.07) is 10.5. The summed E-state index contributed by atoms with van der Waals surface area (Å²) in [4.78, 5) is 0. The van der Waals surface area contributed by atoms with Gasteiger partial charge in [-0.15, -0.1) is 0 Å². The molecule has 21 heavy (non-hydrogen) atoms. The Morgan fingerprint density at radius 1 is 1.14 bits per heavy atom. The molecule has 0 radical (unpaired) electrons. The molecule has 1 atom stereocenters. The largest absolute Gasteiger partial charge is 0.395 e. The highest BCUT2D eigenvalue weighted by molar-refractivity contribution is 9.10. The van der Waals surface area contributed by atoms with E-state index in [0.29, 0.717) is 15.6 Å². The second kappa shape index (κ2) is 6.64. The van der Waals surface area contributed by atoms with E-state index in [2.05, 4.69) is 15.9 Å². The van der Waals surface area contributed by atoms with E-state index in [9.17, 15) is 13.9 Å². The molecule has 0 amide bonds. The van der Waals surface area contributed by atoms with E-state index in [1.807, 2.05) is 0 Å². The maximum Gasteiger partial charge on any atom is 0.127 e. The molecule has 0 bridgehead atoms. The third-order valence-corrected chi connectivity index (χ3v) is 4.45. The molecule has 0 aromatic heterocycles. The van der Waals surface area contributed by atoms with Crippen LogP contribution in [0.5, 0.6) is 0 Å². The first kappa shape index (κ1) is 16.1. The van der Waals surface area contributed by atoms with Gasteiger partial charge in [0.2, 0.25) is 0 Å². The molecule has 0 heterocycles. The quantitative estimate of drug-likeness (QED) is 0.865. The molecule has 0 aliphatic rings. The zero-order valence-corrected chi connectivity index (χ0v) is 12.9. The molecule has 0 fully saturated rings. The molecule has 1 unspecified atom stereocenters. The fourth-order valence-corrected chi connectivity index (χ4v) is 2.80. The van der Waals surface area contributed by atoms with E-state index < -0.39 is 11.2 Å². The highest BCUT2D eigenvalue weighted by Crippen LogP contribution is 2.32. The van der Waals surface area contributed by atoms with Crippen molar-refractivity contribution in [3.63, 3.8) is 0 Å². The molecule has 2 aromatic rings. The number of rotatable bonds is 5. The van der Waals surface area contributed by atoms with Gasteiger partial charge in [0.05, 0.1) is 6.61 Å². The van der Waals surface area contributed by atoms with Crippen molar-refractivity contribution in [2.45, 2.75) is 11.8 Å². The van der Waals surface area contributed by atoms with Crippen molar-refractivity contribution in [2.75, 3.05) is 13.2 Å². The smallest absolute Gasteiger partial charge is 0.127 e. The monoisotopic (exact) mass is 355 g/mol. The van der Waals surface area contributed by atoms with E-state index >= 15 is 0 Å². The Kier molecular flexibility index (Phi) is 5.08. The lowest BCUT2D eigenvalue weighted by Gasteiger charge is -2.32. The number of benzene rings is 2. The summed E-state index contributed by atoms with van der Waals surface area (Å²) in [5, 5.41) is 9.82. The Labute approximate surface area is 130 Å². The van der Waals surface area contributed by atoms with Crippen molar-refractivity contribution < 1.29 is 13.9 Å². The lowest BCUT2D eigenvalue weighted by molar-refractivity contribution is 0.192. The SMILES string of the molecule is NCC(CO)(Cc1cc(F)ccc1Br)c1ccccc1F. The number of nitrogens with two attached hydrogens (primary N) is 1. The van der Waals surface area contributed by atoms with Gasteiger partial charge in [-0.3, -0.25) is 0 Å². The lowest BCUT2D eigenvalue weighted by atomic mass is 9.76. The van der Waals surface area contributed by atoms with Gasteiger partial charge in [-0.1, -0.05) is 34.1 Å². The van der Waals surface area contributed by atoms with Crippen molar-refractivity contribution >= 4 is 15.9 Å². The van der Waals surface area contributed by atoms with Gasteiger partial charge in [-0.2, -0.15) is 0 Å². The summed E-state index contributed by atoms with van der Waals surface area (Å²) in [6.45, 7) is -0.277. The fraction of sp³-hybridized carbons (Fsp3) is 0.250. The number of hydrogen-bond donors (Lipinski definition) is 2. The third-order valence-electron chi connectivity index (χ3n) is 3.68. The molecule has 2 nitrogen and oxygen atoms in total. The van der Waals surface area contributed by atoms with Gasteiger partial charge in [-0.25, -0.2) is 8.78 Å². The summed E-state index contributed by atoms with van der Waals surface area (Å²) in [7, 11) is 0. The summed E-state index contributed by atoms with van der Waals surface area (Å²) >= 11 is 3.35. The van der Waals surface area contributed by atoms with E-state index in [1.54, 1.807) is 24.3 Å². The van der Waals surface area contributed by atoms with Crippen LogP contribution >= 0.6 is 15.9 Å². The van der Waals surface area contributed by atoms with Crippen LogP contribution in [0.1, 0.15) is 11.1 Å². The Balaban J connectivity index is 2.48. The Hall–Kier alpha value is -1.30. The number of aliphatic hydroxyl groups is 1. The van der Waals surface area contributed by atoms with Gasteiger partial charge in [0.25, 0.3) is 0 Å². The van der Waals surface area contributed by atoms with Gasteiger partial charge < -0.3 is 10.8 Å². The number of halogens is 3. The van der Waals surface area contributed by atoms with Crippen molar-refractivity contribution in [3.05, 3.63) is 69.7 Å². The standard InChI is InChI=1S/C16H16BrF2NO/c17-14-6-5-12(18)7-11(14)8-16(9-20,10-21)13-3-1-2-4-15(13)19/h1-7,21H,8-10,20H2. The predicted molar refractivity (Wildman–Crippen MR) is 82.0 cm³/mol. The average molecular weight is 356 g/mol. The van der Waals surface area contributed by atoms with Crippen molar-refractivity contribution in [2.24, 2.45) is 5.73 Å². The molecule has 5 heteroatoms. The summed E-state index contributed by atoms with van der Waals surface area (Å²) in [5.41, 5.74) is 5.81. The summed E-state index contributed by atoms with van der Waals surface area (Å²) < 4.78 is 28.2. The topological polar surface area (TPSA) is 46.2 Å². The minimum atomic E-state index is -0.984. The molecule has 0 saturated heterocycles. The van der Waals surface area contributed by atoms with Crippen LogP contribution < -0.4 is 5.73 Å². The Bertz CT molecular complexity index is 629. The van der Waals surface area contributed by atoms with Crippen LogP contribution in [0.25, 0.3) is 0 Å². The van der Waals surface area contributed by atoms with Crippen LogP contribution in [0.4, 0.5) is 8.78 Å². The second-order valence-electron chi connectivity index (χ2n) is 5.03. The maximum absolute atomic E-state index is 14.1. The number of aliphatic hydroxyl groups excluding tert-OH is 1. The van der Waals surface area contributed by atoms with Crippen LogP contribution in [0, 0.1) is 11.6 Å². The van der Waals surface area contributed by atoms with E-state index in [4.69, 9.17) is 5.73 Å². The first-order chi connectivity index (χ1) is 10.0. The highest BCUT2D eigenvalue weighted by atomic mass is 79.9. The Morgan fingerprint density at radius 2 is 1.86 bits per heavy atom. The number of hydrogen-bond acceptors (Lipinski definition) is 2. The maximum atomic E-state index is 14.1. The molecular weight excluding hydrogens is 340 g/mol. The summed E-state index contributed by atoms with van der Waals surface area (Å²) in [6.07, 6.45) is 0.235. The summed E-state index contributed by atoms with van der Waals surface area (Å²) in [5.74, 6) is -0.810. The molecule has 0 spiro atoms. The van der Waals surface area contributed by atoms with Crippen molar-refractivity contribution in [3.8, 4) is 0 Å². The fourth-order valence-electron chi connectivity index (χ4n) is 2.42. The van der Waals surface area contributed by atoms with Crippen LogP contribution in [-0.2, 0) is 11.8 Å². The van der Waals surface area contributed by atoms with Crippen LogP contribution in [0.15, 0.2) is 46.9 Å². The third kappa shape index (κ3) is 3.31. The zero-order valence-electron chi connectivity index (χ0n) is 11.3. The molecule has 0 aliphatic carbocycles. The normalized spacial score (nSPS) is 14.0. The molecule has 112 valence electrons. The average Bonchev–Trinajstić information content (AvgIpc) is 2.49. The first-order valence-electron chi connectivity index (χ1n) is 6.52. The highest BCUT2D eigenvalue weighted by Gasteiger charge is 2.33.